The summed E-state index contributed by atoms with van der Waals surface area (Å²) in [5.41, 5.74) is 2.53. The summed E-state index contributed by atoms with van der Waals surface area (Å²) in [5, 5.41) is 3.42. The van der Waals surface area contributed by atoms with Crippen molar-refractivity contribution in [1.29, 1.82) is 0 Å². The number of aryl methyl sites for hydroxylation is 1. The van der Waals surface area contributed by atoms with Gasteiger partial charge in [0.25, 0.3) is 0 Å². The smallest absolute Gasteiger partial charge is 0.126 e. The zero-order valence-electron chi connectivity index (χ0n) is 12.7. The highest BCUT2D eigenvalue weighted by molar-refractivity contribution is 5.25. The minimum Gasteiger partial charge on any atom is -0.307 e. The molecule has 3 heteroatoms. The maximum atomic E-state index is 13.6. The summed E-state index contributed by atoms with van der Waals surface area (Å²) < 4.78 is 26.8. The van der Waals surface area contributed by atoms with E-state index in [2.05, 4.69) is 5.32 Å². The van der Waals surface area contributed by atoms with E-state index < -0.39 is 0 Å². The van der Waals surface area contributed by atoms with Crippen molar-refractivity contribution in [3.05, 3.63) is 70.8 Å². The van der Waals surface area contributed by atoms with Gasteiger partial charge in [-0.1, -0.05) is 24.3 Å². The van der Waals surface area contributed by atoms with E-state index in [4.69, 9.17) is 0 Å². The summed E-state index contributed by atoms with van der Waals surface area (Å²) in [4.78, 5) is 0. The molecule has 0 heterocycles. The fourth-order valence-electron chi connectivity index (χ4n) is 2.48. The van der Waals surface area contributed by atoms with Gasteiger partial charge in [0.1, 0.15) is 11.6 Å². The molecule has 2 rings (SSSR count). The first-order chi connectivity index (χ1) is 9.95. The van der Waals surface area contributed by atoms with Crippen molar-refractivity contribution in [3.63, 3.8) is 0 Å². The lowest BCUT2D eigenvalue weighted by Gasteiger charge is -2.21. The Morgan fingerprint density at radius 3 is 2.48 bits per heavy atom. The van der Waals surface area contributed by atoms with Gasteiger partial charge in [0.05, 0.1) is 0 Å². The Balaban J connectivity index is 1.98. The number of hydrogen-bond donors (Lipinski definition) is 1. The van der Waals surface area contributed by atoms with Gasteiger partial charge < -0.3 is 5.32 Å². The third-order valence-corrected chi connectivity index (χ3v) is 3.66. The highest BCUT2D eigenvalue weighted by Gasteiger charge is 2.11. The van der Waals surface area contributed by atoms with Crippen LogP contribution in [0.3, 0.4) is 0 Å². The molecule has 21 heavy (non-hydrogen) atoms. The van der Waals surface area contributed by atoms with Crippen LogP contribution in [0, 0.1) is 18.6 Å². The fourth-order valence-corrected chi connectivity index (χ4v) is 2.48. The maximum Gasteiger partial charge on any atom is 0.126 e. The van der Waals surface area contributed by atoms with E-state index in [0.717, 1.165) is 17.5 Å². The number of nitrogens with one attached hydrogen (secondary N) is 1. The van der Waals surface area contributed by atoms with Crippen LogP contribution in [-0.2, 0) is 6.42 Å². The van der Waals surface area contributed by atoms with Crippen LogP contribution in [0.1, 0.15) is 36.6 Å². The third kappa shape index (κ3) is 4.36. The van der Waals surface area contributed by atoms with Crippen LogP contribution in [0.5, 0.6) is 0 Å². The van der Waals surface area contributed by atoms with Crippen LogP contribution < -0.4 is 5.32 Å². The molecule has 1 N–H and O–H groups in total. The SMILES string of the molecule is Cc1ccc(C(C)NC(C)Cc2cccc(F)c2)cc1F. The van der Waals surface area contributed by atoms with Crippen molar-refractivity contribution < 1.29 is 8.78 Å². The molecule has 0 bridgehead atoms. The molecule has 2 aromatic rings. The van der Waals surface area contributed by atoms with Gasteiger partial charge >= 0.3 is 0 Å². The average Bonchev–Trinajstić information content (AvgIpc) is 2.41. The second-order valence-electron chi connectivity index (χ2n) is 5.63. The van der Waals surface area contributed by atoms with Crippen molar-refractivity contribution in [2.24, 2.45) is 0 Å². The summed E-state index contributed by atoms with van der Waals surface area (Å²) in [5.74, 6) is -0.396. The Hall–Kier alpha value is -1.74. The molecule has 0 radical (unpaired) electrons. The van der Waals surface area contributed by atoms with Gasteiger partial charge in [0.2, 0.25) is 0 Å². The summed E-state index contributed by atoms with van der Waals surface area (Å²) in [6.45, 7) is 5.81. The van der Waals surface area contributed by atoms with E-state index in [9.17, 15) is 8.78 Å². The van der Waals surface area contributed by atoms with Crippen molar-refractivity contribution in [3.8, 4) is 0 Å². The van der Waals surface area contributed by atoms with Gasteiger partial charge in [-0.25, -0.2) is 8.78 Å². The van der Waals surface area contributed by atoms with Gasteiger partial charge in [0.15, 0.2) is 0 Å². The molecule has 0 saturated heterocycles. The van der Waals surface area contributed by atoms with E-state index in [1.54, 1.807) is 31.2 Å². The van der Waals surface area contributed by atoms with Gasteiger partial charge in [-0.15, -0.1) is 0 Å². The molecule has 2 atom stereocenters. The second-order valence-corrected chi connectivity index (χ2v) is 5.63. The molecule has 0 aliphatic carbocycles. The highest BCUT2D eigenvalue weighted by atomic mass is 19.1. The second kappa shape index (κ2) is 6.81. The van der Waals surface area contributed by atoms with Crippen LogP contribution in [-0.4, -0.2) is 6.04 Å². The number of halogens is 2. The first kappa shape index (κ1) is 15.6. The molecule has 0 aliphatic heterocycles. The monoisotopic (exact) mass is 289 g/mol. The number of benzene rings is 2. The van der Waals surface area contributed by atoms with Crippen LogP contribution in [0.2, 0.25) is 0 Å². The summed E-state index contributed by atoms with van der Waals surface area (Å²) >= 11 is 0. The molecule has 0 aliphatic rings. The van der Waals surface area contributed by atoms with Crippen molar-refractivity contribution >= 4 is 0 Å². The minimum atomic E-state index is -0.214. The van der Waals surface area contributed by atoms with E-state index in [1.807, 2.05) is 26.0 Å². The van der Waals surface area contributed by atoms with Crippen LogP contribution in [0.15, 0.2) is 42.5 Å². The number of rotatable bonds is 5. The van der Waals surface area contributed by atoms with Crippen LogP contribution >= 0.6 is 0 Å². The largest absolute Gasteiger partial charge is 0.307 e. The first-order valence-corrected chi connectivity index (χ1v) is 7.22. The maximum absolute atomic E-state index is 13.6. The van der Waals surface area contributed by atoms with E-state index >= 15 is 0 Å². The highest BCUT2D eigenvalue weighted by Crippen LogP contribution is 2.17. The Morgan fingerprint density at radius 1 is 1.05 bits per heavy atom. The minimum absolute atomic E-state index is 0.0451. The van der Waals surface area contributed by atoms with E-state index in [0.29, 0.717) is 5.56 Å². The van der Waals surface area contributed by atoms with Crippen LogP contribution in [0.25, 0.3) is 0 Å². The Labute approximate surface area is 125 Å². The van der Waals surface area contributed by atoms with Crippen molar-refractivity contribution in [2.75, 3.05) is 0 Å². The van der Waals surface area contributed by atoms with E-state index in [1.165, 1.54) is 6.07 Å². The summed E-state index contributed by atoms with van der Waals surface area (Å²) in [6.07, 6.45) is 0.733. The van der Waals surface area contributed by atoms with Gasteiger partial charge in [-0.2, -0.15) is 0 Å². The molecule has 0 aromatic heterocycles. The Kier molecular flexibility index (Phi) is 5.07. The quantitative estimate of drug-likeness (QED) is 0.851. The molecule has 0 fully saturated rings. The molecule has 0 saturated carbocycles. The molecule has 1 nitrogen and oxygen atoms in total. The van der Waals surface area contributed by atoms with Crippen molar-refractivity contribution in [1.82, 2.24) is 5.32 Å². The molecule has 0 amide bonds. The Morgan fingerprint density at radius 2 is 1.81 bits per heavy atom. The predicted molar refractivity (Wildman–Crippen MR) is 82.3 cm³/mol. The normalized spacial score (nSPS) is 14.0. The lowest BCUT2D eigenvalue weighted by atomic mass is 10.0. The van der Waals surface area contributed by atoms with Crippen LogP contribution in [0.4, 0.5) is 8.78 Å². The first-order valence-electron chi connectivity index (χ1n) is 7.22. The predicted octanol–water partition coefficient (Wildman–Crippen LogP) is 4.56. The van der Waals surface area contributed by atoms with Gasteiger partial charge in [-0.3, -0.25) is 0 Å². The molecular weight excluding hydrogens is 268 g/mol. The molecule has 112 valence electrons. The Bertz CT molecular complexity index is 610. The molecular formula is C18H21F2N. The third-order valence-electron chi connectivity index (χ3n) is 3.66. The van der Waals surface area contributed by atoms with E-state index in [-0.39, 0.29) is 23.7 Å². The average molecular weight is 289 g/mol. The zero-order valence-corrected chi connectivity index (χ0v) is 12.7. The molecule has 2 aromatic carbocycles. The summed E-state index contributed by atoms with van der Waals surface area (Å²) in [6, 6.07) is 12.1. The lowest BCUT2D eigenvalue weighted by Crippen LogP contribution is -2.30. The molecule has 0 spiro atoms. The molecule has 2 unspecified atom stereocenters. The topological polar surface area (TPSA) is 12.0 Å². The zero-order chi connectivity index (χ0) is 15.4. The number of hydrogen-bond acceptors (Lipinski definition) is 1. The fraction of sp³-hybridized carbons (Fsp3) is 0.333. The van der Waals surface area contributed by atoms with Gasteiger partial charge in [-0.05, 0) is 62.1 Å². The van der Waals surface area contributed by atoms with Crippen molar-refractivity contribution in [2.45, 2.75) is 39.3 Å². The lowest BCUT2D eigenvalue weighted by molar-refractivity contribution is 0.474. The summed E-state index contributed by atoms with van der Waals surface area (Å²) in [7, 11) is 0. The van der Waals surface area contributed by atoms with Gasteiger partial charge in [0, 0.05) is 12.1 Å². The standard InChI is InChI=1S/C18H21F2N/c1-12-7-8-16(11-18(12)20)14(3)21-13(2)9-15-5-4-6-17(19)10-15/h4-8,10-11,13-14,21H,9H2,1-3H3.